The summed E-state index contributed by atoms with van der Waals surface area (Å²) in [6.07, 6.45) is 1.87. The molecular weight excluding hydrogens is 466 g/mol. The van der Waals surface area contributed by atoms with Crippen molar-refractivity contribution in [3.8, 4) is 11.5 Å². The summed E-state index contributed by atoms with van der Waals surface area (Å²) in [6.45, 7) is 1.06. The van der Waals surface area contributed by atoms with Gasteiger partial charge in [-0.3, -0.25) is 14.4 Å². The summed E-state index contributed by atoms with van der Waals surface area (Å²) < 4.78 is 10.5. The number of likely N-dealkylation sites (tertiary alicyclic amines) is 1. The number of anilines is 2. The van der Waals surface area contributed by atoms with Crippen LogP contribution in [0.5, 0.6) is 11.5 Å². The number of para-hydroxylation sites is 1. The van der Waals surface area contributed by atoms with Gasteiger partial charge in [-0.15, -0.1) is 11.8 Å². The first-order valence-electron chi connectivity index (χ1n) is 10.5. The fraction of sp³-hybridized carbons (Fsp3) is 0.348. The Morgan fingerprint density at radius 2 is 1.82 bits per heavy atom. The van der Waals surface area contributed by atoms with Gasteiger partial charge in [0.05, 0.1) is 30.6 Å². The summed E-state index contributed by atoms with van der Waals surface area (Å²) in [4.78, 5) is 43.2. The van der Waals surface area contributed by atoms with Crippen molar-refractivity contribution in [1.29, 1.82) is 0 Å². The number of nitrogens with one attached hydrogen (secondary N) is 1. The van der Waals surface area contributed by atoms with Crippen molar-refractivity contribution in [3.63, 3.8) is 0 Å². The second kappa shape index (κ2) is 9.93. The third-order valence-electron chi connectivity index (χ3n) is 5.58. The summed E-state index contributed by atoms with van der Waals surface area (Å²) >= 11 is 7.44. The maximum absolute atomic E-state index is 13.4. The number of methoxy groups -OCH3 is 2. The number of ether oxygens (including phenoxy) is 2. The molecule has 8 nitrogen and oxygen atoms in total. The molecular formula is C23H24ClN3O5S. The number of rotatable bonds is 6. The fourth-order valence-corrected chi connectivity index (χ4v) is 5.36. The van der Waals surface area contributed by atoms with Gasteiger partial charge >= 0.3 is 0 Å². The lowest BCUT2D eigenvalue weighted by Crippen LogP contribution is -2.51. The molecule has 2 heterocycles. The van der Waals surface area contributed by atoms with Gasteiger partial charge in [0.15, 0.2) is 5.25 Å². The zero-order chi connectivity index (χ0) is 23.5. The monoisotopic (exact) mass is 489 g/mol. The van der Waals surface area contributed by atoms with Crippen LogP contribution >= 0.6 is 23.4 Å². The molecule has 1 N–H and O–H groups in total. The molecule has 0 aromatic heterocycles. The predicted octanol–water partition coefficient (Wildman–Crippen LogP) is 3.43. The van der Waals surface area contributed by atoms with E-state index >= 15 is 0 Å². The highest BCUT2D eigenvalue weighted by Gasteiger charge is 2.41. The Morgan fingerprint density at radius 3 is 2.52 bits per heavy atom. The number of carbonyl (C=O) groups is 3. The Morgan fingerprint density at radius 1 is 1.12 bits per heavy atom. The molecule has 2 aliphatic rings. The highest BCUT2D eigenvalue weighted by molar-refractivity contribution is 8.01. The summed E-state index contributed by atoms with van der Waals surface area (Å²) in [5.41, 5.74) is 0.956. The van der Waals surface area contributed by atoms with Gasteiger partial charge in [-0.05, 0) is 31.0 Å². The van der Waals surface area contributed by atoms with E-state index in [1.807, 2.05) is 12.1 Å². The maximum Gasteiger partial charge on any atom is 0.250 e. The second-order valence-corrected chi connectivity index (χ2v) is 9.21. The first kappa shape index (κ1) is 23.3. The molecule has 1 atom stereocenters. The molecule has 1 saturated heterocycles. The SMILES string of the molecule is COc1cc(OC)c(NC(=O)CN2C(=O)[C@@H](C(=O)N3CCCC3)Sc3ccccc32)cc1Cl. The van der Waals surface area contributed by atoms with E-state index in [4.69, 9.17) is 21.1 Å². The van der Waals surface area contributed by atoms with Crippen LogP contribution in [-0.4, -0.2) is 61.7 Å². The Bertz CT molecular complexity index is 1090. The smallest absolute Gasteiger partial charge is 0.250 e. The van der Waals surface area contributed by atoms with Gasteiger partial charge in [0, 0.05) is 24.1 Å². The molecule has 10 heteroatoms. The van der Waals surface area contributed by atoms with Crippen molar-refractivity contribution < 1.29 is 23.9 Å². The number of amides is 3. The predicted molar refractivity (Wildman–Crippen MR) is 127 cm³/mol. The lowest BCUT2D eigenvalue weighted by Gasteiger charge is -2.34. The van der Waals surface area contributed by atoms with E-state index in [2.05, 4.69) is 5.32 Å². The van der Waals surface area contributed by atoms with Crippen LogP contribution in [0, 0.1) is 0 Å². The van der Waals surface area contributed by atoms with E-state index in [9.17, 15) is 14.4 Å². The van der Waals surface area contributed by atoms with Crippen molar-refractivity contribution in [3.05, 3.63) is 41.4 Å². The molecule has 174 valence electrons. The minimum atomic E-state index is -0.907. The zero-order valence-electron chi connectivity index (χ0n) is 18.3. The van der Waals surface area contributed by atoms with Crippen LogP contribution in [0.3, 0.4) is 0 Å². The van der Waals surface area contributed by atoms with E-state index in [0.29, 0.717) is 41.0 Å². The number of benzene rings is 2. The third-order valence-corrected chi connectivity index (χ3v) is 7.12. The molecule has 1 fully saturated rings. The minimum Gasteiger partial charge on any atom is -0.495 e. The van der Waals surface area contributed by atoms with Gasteiger partial charge < -0.3 is 24.6 Å². The Labute approximate surface area is 201 Å². The molecule has 3 amide bonds. The molecule has 0 aliphatic carbocycles. The van der Waals surface area contributed by atoms with Crippen molar-refractivity contribution in [2.24, 2.45) is 0 Å². The van der Waals surface area contributed by atoms with Crippen molar-refractivity contribution in [1.82, 2.24) is 4.90 Å². The van der Waals surface area contributed by atoms with Crippen LogP contribution in [0.25, 0.3) is 0 Å². The Kier molecular flexibility index (Phi) is 6.99. The number of halogens is 1. The average molecular weight is 490 g/mol. The summed E-state index contributed by atoms with van der Waals surface area (Å²) in [5, 5.41) is 2.15. The summed E-state index contributed by atoms with van der Waals surface area (Å²) in [5.74, 6) is -0.270. The van der Waals surface area contributed by atoms with Gasteiger partial charge in [0.2, 0.25) is 11.8 Å². The van der Waals surface area contributed by atoms with E-state index in [0.717, 1.165) is 17.7 Å². The maximum atomic E-state index is 13.4. The third kappa shape index (κ3) is 4.74. The molecule has 33 heavy (non-hydrogen) atoms. The molecule has 2 aromatic carbocycles. The quantitative estimate of drug-likeness (QED) is 0.625. The van der Waals surface area contributed by atoms with Gasteiger partial charge in [-0.25, -0.2) is 0 Å². The van der Waals surface area contributed by atoms with Gasteiger partial charge in [0.1, 0.15) is 18.0 Å². The number of nitrogens with zero attached hydrogens (tertiary/aromatic N) is 2. The molecule has 2 aromatic rings. The van der Waals surface area contributed by atoms with Crippen molar-refractivity contribution in [2.75, 3.05) is 44.1 Å². The highest BCUT2D eigenvalue weighted by atomic mass is 35.5. The lowest BCUT2D eigenvalue weighted by molar-refractivity contribution is -0.134. The molecule has 2 aliphatic heterocycles. The fourth-order valence-electron chi connectivity index (χ4n) is 3.93. The van der Waals surface area contributed by atoms with Gasteiger partial charge in [-0.1, -0.05) is 23.7 Å². The lowest BCUT2D eigenvalue weighted by atomic mass is 10.2. The largest absolute Gasteiger partial charge is 0.495 e. The van der Waals surface area contributed by atoms with Crippen LogP contribution in [0.1, 0.15) is 12.8 Å². The molecule has 0 spiro atoms. The van der Waals surface area contributed by atoms with E-state index in [-0.39, 0.29) is 12.5 Å². The first-order chi connectivity index (χ1) is 15.9. The number of hydrogen-bond donors (Lipinski definition) is 1. The molecule has 0 radical (unpaired) electrons. The normalized spacial score (nSPS) is 17.5. The highest BCUT2D eigenvalue weighted by Crippen LogP contribution is 2.40. The number of carbonyl (C=O) groups excluding carboxylic acids is 3. The second-order valence-electron chi connectivity index (χ2n) is 7.66. The number of hydrogen-bond acceptors (Lipinski definition) is 6. The summed E-state index contributed by atoms with van der Waals surface area (Å²) in [6, 6.07) is 10.4. The summed E-state index contributed by atoms with van der Waals surface area (Å²) in [7, 11) is 2.95. The van der Waals surface area contributed by atoms with Crippen LogP contribution in [0.15, 0.2) is 41.3 Å². The van der Waals surface area contributed by atoms with Crippen LogP contribution in [0.2, 0.25) is 5.02 Å². The topological polar surface area (TPSA) is 88.2 Å². The Hall–Kier alpha value is -2.91. The van der Waals surface area contributed by atoms with E-state index in [1.54, 1.807) is 23.1 Å². The van der Waals surface area contributed by atoms with E-state index in [1.165, 1.54) is 36.9 Å². The average Bonchev–Trinajstić information content (AvgIpc) is 3.35. The molecule has 4 rings (SSSR count). The molecule has 0 unspecified atom stereocenters. The molecule has 0 bridgehead atoms. The standard InChI is InChI=1S/C23H24ClN3O5S/c1-31-17-12-18(32-2)15(11-14(17)24)25-20(28)13-27-16-7-3-4-8-19(16)33-21(23(27)30)22(29)26-9-5-6-10-26/h3-4,7-8,11-12,21H,5-6,9-10,13H2,1-2H3,(H,25,28)/t21-/m1/s1. The van der Waals surface area contributed by atoms with Crippen LogP contribution < -0.4 is 19.7 Å². The van der Waals surface area contributed by atoms with E-state index < -0.39 is 17.1 Å². The molecule has 0 saturated carbocycles. The Balaban J connectivity index is 1.57. The number of fused-ring (bicyclic) bond motifs is 1. The van der Waals surface area contributed by atoms with Gasteiger partial charge in [0.25, 0.3) is 5.91 Å². The van der Waals surface area contributed by atoms with Crippen molar-refractivity contribution >= 4 is 52.5 Å². The first-order valence-corrected chi connectivity index (χ1v) is 11.8. The number of thioether (sulfide) groups is 1. The van der Waals surface area contributed by atoms with Crippen LogP contribution in [-0.2, 0) is 14.4 Å². The zero-order valence-corrected chi connectivity index (χ0v) is 19.9. The minimum absolute atomic E-state index is 0.203. The van der Waals surface area contributed by atoms with Crippen molar-refractivity contribution in [2.45, 2.75) is 23.0 Å². The van der Waals surface area contributed by atoms with Gasteiger partial charge in [-0.2, -0.15) is 0 Å². The van der Waals surface area contributed by atoms with Crippen LogP contribution in [0.4, 0.5) is 11.4 Å².